The number of hydrogen-bond acceptors (Lipinski definition) is 2. The monoisotopic (exact) mass is 177 g/mol. The molecular formula is C11H15NO. The second-order valence-corrected chi connectivity index (χ2v) is 3.47. The molecule has 0 atom stereocenters. The summed E-state index contributed by atoms with van der Waals surface area (Å²) in [7, 11) is 1.72. The van der Waals surface area contributed by atoms with Crippen molar-refractivity contribution in [1.29, 1.82) is 0 Å². The van der Waals surface area contributed by atoms with Gasteiger partial charge in [0.1, 0.15) is 5.75 Å². The summed E-state index contributed by atoms with van der Waals surface area (Å²) in [6.45, 7) is 3.22. The average Bonchev–Trinajstić information content (AvgIpc) is 2.19. The predicted molar refractivity (Wildman–Crippen MR) is 54.5 cm³/mol. The molecule has 2 rings (SSSR count). The lowest BCUT2D eigenvalue weighted by Gasteiger charge is -2.22. The Hall–Kier alpha value is -1.18. The molecule has 0 saturated carbocycles. The molecule has 1 heterocycles. The molecular weight excluding hydrogens is 162 g/mol. The van der Waals surface area contributed by atoms with E-state index >= 15 is 0 Å². The van der Waals surface area contributed by atoms with E-state index in [1.807, 2.05) is 6.07 Å². The standard InChI is InChI=1S/C11H15NO/c1-8-5-6-10(13-2)11-9(8)4-3-7-12-11/h5-6,12H,3-4,7H2,1-2H3. The summed E-state index contributed by atoms with van der Waals surface area (Å²) < 4.78 is 5.31. The van der Waals surface area contributed by atoms with Crippen LogP contribution in [-0.2, 0) is 6.42 Å². The zero-order valence-electron chi connectivity index (χ0n) is 8.18. The van der Waals surface area contributed by atoms with Gasteiger partial charge < -0.3 is 10.1 Å². The highest BCUT2D eigenvalue weighted by atomic mass is 16.5. The van der Waals surface area contributed by atoms with Gasteiger partial charge in [-0.25, -0.2) is 0 Å². The normalized spacial score (nSPS) is 14.6. The molecule has 1 aliphatic rings. The van der Waals surface area contributed by atoms with Crippen LogP contribution in [0.15, 0.2) is 12.1 Å². The summed E-state index contributed by atoms with van der Waals surface area (Å²) in [5, 5.41) is 3.40. The number of anilines is 1. The number of ether oxygens (including phenoxy) is 1. The maximum absolute atomic E-state index is 5.31. The van der Waals surface area contributed by atoms with E-state index < -0.39 is 0 Å². The number of benzene rings is 1. The Labute approximate surface area is 78.9 Å². The van der Waals surface area contributed by atoms with Gasteiger partial charge in [-0.3, -0.25) is 0 Å². The van der Waals surface area contributed by atoms with Crippen LogP contribution in [0.4, 0.5) is 5.69 Å². The highest BCUT2D eigenvalue weighted by Crippen LogP contribution is 2.33. The Balaban J connectivity index is 2.52. The van der Waals surface area contributed by atoms with Gasteiger partial charge in [0, 0.05) is 6.54 Å². The van der Waals surface area contributed by atoms with Gasteiger partial charge in [-0.15, -0.1) is 0 Å². The van der Waals surface area contributed by atoms with Crippen LogP contribution in [-0.4, -0.2) is 13.7 Å². The molecule has 1 aromatic carbocycles. The van der Waals surface area contributed by atoms with Crippen molar-refractivity contribution in [3.63, 3.8) is 0 Å². The summed E-state index contributed by atoms with van der Waals surface area (Å²) in [5.41, 5.74) is 3.99. The Morgan fingerprint density at radius 1 is 1.38 bits per heavy atom. The molecule has 0 unspecified atom stereocenters. The average molecular weight is 177 g/mol. The van der Waals surface area contributed by atoms with E-state index in [1.54, 1.807) is 7.11 Å². The molecule has 0 amide bonds. The zero-order valence-corrected chi connectivity index (χ0v) is 8.18. The highest BCUT2D eigenvalue weighted by Gasteiger charge is 2.14. The van der Waals surface area contributed by atoms with Crippen molar-refractivity contribution in [3.8, 4) is 5.75 Å². The summed E-state index contributed by atoms with van der Waals surface area (Å²) in [6, 6.07) is 4.16. The van der Waals surface area contributed by atoms with Crippen molar-refractivity contribution in [2.75, 3.05) is 19.0 Å². The minimum atomic E-state index is 0.973. The number of fused-ring (bicyclic) bond motifs is 1. The van der Waals surface area contributed by atoms with Gasteiger partial charge in [0.05, 0.1) is 12.8 Å². The molecule has 0 spiro atoms. The van der Waals surface area contributed by atoms with E-state index in [4.69, 9.17) is 4.74 Å². The first-order valence-corrected chi connectivity index (χ1v) is 4.73. The molecule has 13 heavy (non-hydrogen) atoms. The van der Waals surface area contributed by atoms with Crippen molar-refractivity contribution in [2.24, 2.45) is 0 Å². The first-order chi connectivity index (χ1) is 6.33. The minimum absolute atomic E-state index is 0.973. The van der Waals surface area contributed by atoms with Crippen molar-refractivity contribution < 1.29 is 4.74 Å². The van der Waals surface area contributed by atoms with Crippen LogP contribution in [0, 0.1) is 6.92 Å². The first-order valence-electron chi connectivity index (χ1n) is 4.73. The molecule has 1 aliphatic heterocycles. The number of hydrogen-bond donors (Lipinski definition) is 1. The number of rotatable bonds is 1. The largest absolute Gasteiger partial charge is 0.495 e. The topological polar surface area (TPSA) is 21.3 Å². The predicted octanol–water partition coefficient (Wildman–Crippen LogP) is 2.36. The summed E-state index contributed by atoms with van der Waals surface area (Å²) in [4.78, 5) is 0. The molecule has 70 valence electrons. The third-order valence-corrected chi connectivity index (χ3v) is 2.63. The Morgan fingerprint density at radius 3 is 3.00 bits per heavy atom. The number of aryl methyl sites for hydroxylation is 1. The Bertz CT molecular complexity index is 320. The van der Waals surface area contributed by atoms with E-state index in [0.717, 1.165) is 12.3 Å². The Kier molecular flexibility index (Phi) is 2.13. The first kappa shape index (κ1) is 8.42. The number of nitrogens with one attached hydrogen (secondary N) is 1. The van der Waals surface area contributed by atoms with Gasteiger partial charge in [0.2, 0.25) is 0 Å². The van der Waals surface area contributed by atoms with Crippen LogP contribution in [0.5, 0.6) is 5.75 Å². The van der Waals surface area contributed by atoms with Crippen LogP contribution < -0.4 is 10.1 Å². The minimum Gasteiger partial charge on any atom is -0.495 e. The molecule has 0 aliphatic carbocycles. The molecule has 0 radical (unpaired) electrons. The maximum Gasteiger partial charge on any atom is 0.142 e. The van der Waals surface area contributed by atoms with Crippen LogP contribution in [0.2, 0.25) is 0 Å². The van der Waals surface area contributed by atoms with Gasteiger partial charge in [-0.05, 0) is 37.0 Å². The zero-order chi connectivity index (χ0) is 9.26. The van der Waals surface area contributed by atoms with Crippen molar-refractivity contribution >= 4 is 5.69 Å². The maximum atomic E-state index is 5.31. The van der Waals surface area contributed by atoms with Gasteiger partial charge >= 0.3 is 0 Å². The fourth-order valence-electron chi connectivity index (χ4n) is 1.90. The van der Waals surface area contributed by atoms with Gasteiger partial charge in [-0.1, -0.05) is 6.07 Å². The van der Waals surface area contributed by atoms with Crippen molar-refractivity contribution in [2.45, 2.75) is 19.8 Å². The van der Waals surface area contributed by atoms with Crippen LogP contribution in [0.25, 0.3) is 0 Å². The third-order valence-electron chi connectivity index (χ3n) is 2.63. The van der Waals surface area contributed by atoms with Gasteiger partial charge in [0.15, 0.2) is 0 Å². The molecule has 2 heteroatoms. The lowest BCUT2D eigenvalue weighted by Crippen LogP contribution is -2.13. The van der Waals surface area contributed by atoms with E-state index in [9.17, 15) is 0 Å². The Morgan fingerprint density at radius 2 is 2.23 bits per heavy atom. The molecule has 1 N–H and O–H groups in total. The van der Waals surface area contributed by atoms with Crippen LogP contribution in [0.1, 0.15) is 17.5 Å². The van der Waals surface area contributed by atoms with Crippen molar-refractivity contribution in [1.82, 2.24) is 0 Å². The quantitative estimate of drug-likeness (QED) is 0.711. The molecule has 0 aromatic heterocycles. The lowest BCUT2D eigenvalue weighted by molar-refractivity contribution is 0.415. The van der Waals surface area contributed by atoms with Gasteiger partial charge in [-0.2, -0.15) is 0 Å². The smallest absolute Gasteiger partial charge is 0.142 e. The second kappa shape index (κ2) is 3.29. The van der Waals surface area contributed by atoms with E-state index in [1.165, 1.54) is 29.7 Å². The summed E-state index contributed by atoms with van der Waals surface area (Å²) in [5.74, 6) is 0.973. The third kappa shape index (κ3) is 1.37. The molecule has 2 nitrogen and oxygen atoms in total. The molecule has 0 bridgehead atoms. The van der Waals surface area contributed by atoms with Crippen LogP contribution in [0.3, 0.4) is 0 Å². The SMILES string of the molecule is COc1ccc(C)c2c1NCCC2. The molecule has 0 fully saturated rings. The highest BCUT2D eigenvalue weighted by molar-refractivity contribution is 5.65. The lowest BCUT2D eigenvalue weighted by atomic mass is 9.98. The van der Waals surface area contributed by atoms with Crippen LogP contribution >= 0.6 is 0 Å². The molecule has 0 saturated heterocycles. The van der Waals surface area contributed by atoms with Gasteiger partial charge in [0.25, 0.3) is 0 Å². The van der Waals surface area contributed by atoms with E-state index in [0.29, 0.717) is 0 Å². The fourth-order valence-corrected chi connectivity index (χ4v) is 1.90. The number of methoxy groups -OCH3 is 1. The van der Waals surface area contributed by atoms with E-state index in [-0.39, 0.29) is 0 Å². The fraction of sp³-hybridized carbons (Fsp3) is 0.455. The second-order valence-electron chi connectivity index (χ2n) is 3.47. The van der Waals surface area contributed by atoms with E-state index in [2.05, 4.69) is 18.3 Å². The summed E-state index contributed by atoms with van der Waals surface area (Å²) in [6.07, 6.45) is 2.40. The summed E-state index contributed by atoms with van der Waals surface area (Å²) >= 11 is 0. The van der Waals surface area contributed by atoms with Crippen molar-refractivity contribution in [3.05, 3.63) is 23.3 Å². The molecule has 1 aromatic rings.